The first-order valence-electron chi connectivity index (χ1n) is 6.08. The second kappa shape index (κ2) is 6.35. The molecule has 0 aliphatic carbocycles. The van der Waals surface area contributed by atoms with Gasteiger partial charge < -0.3 is 4.74 Å². The number of nitrogens with zero attached hydrogens (tertiary/aromatic N) is 3. The lowest BCUT2D eigenvalue weighted by atomic mass is 10.1. The van der Waals surface area contributed by atoms with Gasteiger partial charge in [-0.3, -0.25) is 14.9 Å². The monoisotopic (exact) mass is 233 g/mol. The first-order chi connectivity index (χ1) is 8.38. The molecule has 1 unspecified atom stereocenters. The van der Waals surface area contributed by atoms with E-state index in [1.54, 1.807) is 0 Å². The van der Waals surface area contributed by atoms with E-state index in [-0.39, 0.29) is 0 Å². The Morgan fingerprint density at radius 3 is 2.88 bits per heavy atom. The molecule has 0 amide bonds. The van der Waals surface area contributed by atoms with Crippen molar-refractivity contribution in [2.24, 2.45) is 4.99 Å². The van der Waals surface area contributed by atoms with Gasteiger partial charge in [0.05, 0.1) is 6.54 Å². The fraction of sp³-hybridized carbons (Fsp3) is 0.538. The fourth-order valence-corrected chi connectivity index (χ4v) is 2.17. The summed E-state index contributed by atoms with van der Waals surface area (Å²) < 4.78 is 4.65. The molecule has 1 fully saturated rings. The standard InChI is InChI=1S/C10H14N2.C3H5NO/c1-12-7-3-5-10(12)9-4-2-6-11-8-9;1-2-5-3-4-1/h2,4,6,8,10H,3,5,7H2,1H3;3H,1-2H2. The lowest BCUT2D eigenvalue weighted by Crippen LogP contribution is -2.17. The Balaban J connectivity index is 0.000000181. The average Bonchev–Trinajstić information content (AvgIpc) is 3.03. The highest BCUT2D eigenvalue weighted by molar-refractivity contribution is 5.47. The second-order valence-corrected chi connectivity index (χ2v) is 4.31. The van der Waals surface area contributed by atoms with Crippen LogP contribution >= 0.6 is 0 Å². The van der Waals surface area contributed by atoms with Gasteiger partial charge in [-0.2, -0.15) is 0 Å². The Labute approximate surface area is 102 Å². The molecule has 0 saturated carbocycles. The van der Waals surface area contributed by atoms with Crippen LogP contribution in [0.4, 0.5) is 0 Å². The molecular formula is C13H19N3O. The van der Waals surface area contributed by atoms with E-state index in [9.17, 15) is 0 Å². The Morgan fingerprint density at radius 2 is 2.41 bits per heavy atom. The number of pyridine rings is 1. The topological polar surface area (TPSA) is 37.7 Å². The van der Waals surface area contributed by atoms with Crippen molar-refractivity contribution in [2.45, 2.75) is 18.9 Å². The van der Waals surface area contributed by atoms with Crippen LogP contribution in [0, 0.1) is 0 Å². The van der Waals surface area contributed by atoms with Crippen molar-refractivity contribution in [1.82, 2.24) is 9.88 Å². The Hall–Kier alpha value is -1.42. The van der Waals surface area contributed by atoms with Crippen molar-refractivity contribution in [3.63, 3.8) is 0 Å². The van der Waals surface area contributed by atoms with Gasteiger partial charge in [-0.15, -0.1) is 0 Å². The van der Waals surface area contributed by atoms with Crippen molar-refractivity contribution in [3.8, 4) is 0 Å². The van der Waals surface area contributed by atoms with E-state index in [0.717, 1.165) is 13.2 Å². The molecule has 4 heteroatoms. The van der Waals surface area contributed by atoms with Crippen molar-refractivity contribution >= 4 is 6.40 Å². The van der Waals surface area contributed by atoms with Crippen LogP contribution < -0.4 is 0 Å². The minimum atomic E-state index is 0.610. The Morgan fingerprint density at radius 1 is 1.47 bits per heavy atom. The summed E-state index contributed by atoms with van der Waals surface area (Å²) >= 11 is 0. The lowest BCUT2D eigenvalue weighted by Gasteiger charge is -2.18. The molecule has 1 saturated heterocycles. The Kier molecular flexibility index (Phi) is 4.50. The molecule has 92 valence electrons. The maximum Gasteiger partial charge on any atom is 0.169 e. The minimum Gasteiger partial charge on any atom is -0.482 e. The maximum atomic E-state index is 4.65. The minimum absolute atomic E-state index is 0.610. The molecule has 1 atom stereocenters. The van der Waals surface area contributed by atoms with E-state index in [1.807, 2.05) is 18.5 Å². The van der Waals surface area contributed by atoms with Crippen LogP contribution in [0.2, 0.25) is 0 Å². The zero-order valence-electron chi connectivity index (χ0n) is 10.2. The highest BCUT2D eigenvalue weighted by atomic mass is 16.5. The highest BCUT2D eigenvalue weighted by Crippen LogP contribution is 2.29. The fourth-order valence-electron chi connectivity index (χ4n) is 2.17. The van der Waals surface area contributed by atoms with Gasteiger partial charge in [0.15, 0.2) is 6.40 Å². The molecule has 0 radical (unpaired) electrons. The molecule has 0 aromatic carbocycles. The summed E-state index contributed by atoms with van der Waals surface area (Å²) in [5.74, 6) is 0. The molecule has 17 heavy (non-hydrogen) atoms. The molecule has 4 nitrogen and oxygen atoms in total. The van der Waals surface area contributed by atoms with Crippen LogP contribution in [0.3, 0.4) is 0 Å². The predicted molar refractivity (Wildman–Crippen MR) is 68.2 cm³/mol. The number of hydrogen-bond acceptors (Lipinski definition) is 4. The number of hydrogen-bond donors (Lipinski definition) is 0. The van der Waals surface area contributed by atoms with E-state index in [2.05, 4.69) is 32.7 Å². The van der Waals surface area contributed by atoms with E-state index in [4.69, 9.17) is 0 Å². The van der Waals surface area contributed by atoms with Crippen LogP contribution in [0.1, 0.15) is 24.4 Å². The molecule has 2 aliphatic rings. The smallest absolute Gasteiger partial charge is 0.169 e. The normalized spacial score (nSPS) is 23.0. The molecule has 0 spiro atoms. The summed E-state index contributed by atoms with van der Waals surface area (Å²) in [6.07, 6.45) is 7.89. The molecular weight excluding hydrogens is 214 g/mol. The van der Waals surface area contributed by atoms with Gasteiger partial charge in [-0.05, 0) is 38.1 Å². The summed E-state index contributed by atoms with van der Waals surface area (Å²) in [5.41, 5.74) is 1.36. The molecule has 1 aromatic rings. The number of likely N-dealkylation sites (tertiary alicyclic amines) is 1. The molecule has 0 bridgehead atoms. The summed E-state index contributed by atoms with van der Waals surface area (Å²) in [7, 11) is 2.19. The largest absolute Gasteiger partial charge is 0.482 e. The summed E-state index contributed by atoms with van der Waals surface area (Å²) in [6, 6.07) is 4.79. The third-order valence-corrected chi connectivity index (χ3v) is 3.08. The van der Waals surface area contributed by atoms with E-state index in [0.29, 0.717) is 6.04 Å². The zero-order valence-corrected chi connectivity index (χ0v) is 10.2. The van der Waals surface area contributed by atoms with Crippen LogP contribution in [0.25, 0.3) is 0 Å². The van der Waals surface area contributed by atoms with Gasteiger partial charge in [0.1, 0.15) is 6.61 Å². The summed E-state index contributed by atoms with van der Waals surface area (Å²) in [5, 5.41) is 0. The molecule has 3 rings (SSSR count). The first-order valence-corrected chi connectivity index (χ1v) is 6.08. The SMILES string of the molecule is C1=NCCO1.CN1CCCC1c1cccnc1. The van der Waals surface area contributed by atoms with Gasteiger partial charge in [0, 0.05) is 18.4 Å². The third kappa shape index (κ3) is 3.53. The van der Waals surface area contributed by atoms with E-state index < -0.39 is 0 Å². The number of aromatic nitrogens is 1. The molecule has 2 aliphatic heterocycles. The van der Waals surface area contributed by atoms with Gasteiger partial charge in [0.2, 0.25) is 0 Å². The lowest BCUT2D eigenvalue weighted by molar-refractivity contribution is 0.317. The van der Waals surface area contributed by atoms with Gasteiger partial charge in [0.25, 0.3) is 0 Å². The van der Waals surface area contributed by atoms with Crippen LogP contribution in [-0.4, -0.2) is 43.0 Å². The van der Waals surface area contributed by atoms with Crippen molar-refractivity contribution < 1.29 is 4.74 Å². The second-order valence-electron chi connectivity index (χ2n) is 4.31. The van der Waals surface area contributed by atoms with Crippen molar-refractivity contribution in [1.29, 1.82) is 0 Å². The number of rotatable bonds is 1. The molecule has 1 aromatic heterocycles. The summed E-state index contributed by atoms with van der Waals surface area (Å²) in [4.78, 5) is 10.3. The number of ether oxygens (including phenoxy) is 1. The van der Waals surface area contributed by atoms with Gasteiger partial charge in [-0.1, -0.05) is 6.07 Å². The van der Waals surface area contributed by atoms with Crippen LogP contribution in [0.15, 0.2) is 29.5 Å². The van der Waals surface area contributed by atoms with Gasteiger partial charge >= 0.3 is 0 Å². The van der Waals surface area contributed by atoms with Crippen LogP contribution in [-0.2, 0) is 4.74 Å². The average molecular weight is 233 g/mol. The molecule has 3 heterocycles. The zero-order chi connectivity index (χ0) is 11.9. The third-order valence-electron chi connectivity index (χ3n) is 3.08. The van der Waals surface area contributed by atoms with E-state index in [1.165, 1.54) is 31.4 Å². The maximum absolute atomic E-state index is 4.65. The number of aliphatic imine (C=N–C) groups is 1. The first kappa shape index (κ1) is 12.0. The Bertz CT molecular complexity index is 347. The van der Waals surface area contributed by atoms with Crippen molar-refractivity contribution in [2.75, 3.05) is 26.7 Å². The summed E-state index contributed by atoms with van der Waals surface area (Å²) in [6.45, 7) is 2.85. The van der Waals surface area contributed by atoms with E-state index >= 15 is 0 Å². The quantitative estimate of drug-likeness (QED) is 0.743. The predicted octanol–water partition coefficient (Wildman–Crippen LogP) is 1.89. The van der Waals surface area contributed by atoms with Crippen LogP contribution in [0.5, 0.6) is 0 Å². The van der Waals surface area contributed by atoms with Gasteiger partial charge in [-0.25, -0.2) is 0 Å². The highest BCUT2D eigenvalue weighted by Gasteiger charge is 2.21. The van der Waals surface area contributed by atoms with Crippen molar-refractivity contribution in [3.05, 3.63) is 30.1 Å². The molecule has 0 N–H and O–H groups in total.